The topological polar surface area (TPSA) is 237 Å². The van der Waals surface area contributed by atoms with Crippen LogP contribution in [-0.4, -0.2) is 96.7 Å². The lowest BCUT2D eigenvalue weighted by Gasteiger charge is -2.21. The molecule has 3 N–H and O–H groups in total. The second kappa shape index (κ2) is 53.1. The van der Waals surface area contributed by atoms with E-state index in [0.717, 1.165) is 109 Å². The molecule has 19 heteroatoms. The summed E-state index contributed by atoms with van der Waals surface area (Å²) in [6.45, 7) is 7.05. The minimum atomic E-state index is -4.94. The highest BCUT2D eigenvalue weighted by atomic mass is 31.2. The molecule has 2 unspecified atom stereocenters. The van der Waals surface area contributed by atoms with Crippen LogP contribution in [0.5, 0.6) is 0 Å². The Bertz CT molecular complexity index is 1530. The van der Waals surface area contributed by atoms with Gasteiger partial charge < -0.3 is 33.8 Å². The molecule has 17 nitrogen and oxygen atoms in total. The van der Waals surface area contributed by atoms with Crippen LogP contribution in [0.3, 0.4) is 0 Å². The van der Waals surface area contributed by atoms with Gasteiger partial charge in [-0.1, -0.05) is 240 Å². The van der Waals surface area contributed by atoms with Gasteiger partial charge in [-0.2, -0.15) is 0 Å². The first-order chi connectivity index (χ1) is 37.5. The molecule has 0 radical (unpaired) electrons. The van der Waals surface area contributed by atoms with Crippen molar-refractivity contribution >= 4 is 39.5 Å². The van der Waals surface area contributed by atoms with E-state index in [4.69, 9.17) is 37.0 Å². The number of ether oxygens (including phenoxy) is 4. The maximum absolute atomic E-state index is 12.9. The van der Waals surface area contributed by atoms with Crippen molar-refractivity contribution < 1.29 is 80.2 Å². The summed E-state index contributed by atoms with van der Waals surface area (Å²) in [6, 6.07) is 0. The zero-order chi connectivity index (χ0) is 57.8. The fraction of sp³-hybridized carbons (Fsp3) is 0.932. The molecule has 0 heterocycles. The lowest BCUT2D eigenvalue weighted by molar-refractivity contribution is -0.161. The van der Waals surface area contributed by atoms with Gasteiger partial charge in [-0.25, -0.2) is 9.13 Å². The first-order valence-corrected chi connectivity index (χ1v) is 34.1. The largest absolute Gasteiger partial charge is 0.472 e. The summed E-state index contributed by atoms with van der Waals surface area (Å²) >= 11 is 0. The molecule has 0 aromatic carbocycles. The lowest BCUT2D eigenvalue weighted by Crippen LogP contribution is -2.30. The molecule has 0 fully saturated rings. The molecule has 78 heavy (non-hydrogen) atoms. The SMILES string of the molecule is CCCCCCCCCCCCCCC(=O)O[C@H](COC(=O)CCCCCCCCCC(C)C)COP(=O)(O)OC[C@@H](O)COP(=O)(O)OC[C@@H](COC(=O)CCCCCCCCCC)OC(=O)CCCCCCCCCC. The molecule has 0 aliphatic carbocycles. The second-order valence-electron chi connectivity index (χ2n) is 21.9. The molecule has 462 valence electrons. The average Bonchev–Trinajstić information content (AvgIpc) is 3.40. The van der Waals surface area contributed by atoms with E-state index in [1.807, 2.05) is 0 Å². The van der Waals surface area contributed by atoms with Crippen molar-refractivity contribution in [1.82, 2.24) is 0 Å². The second-order valence-corrected chi connectivity index (χ2v) is 24.8. The highest BCUT2D eigenvalue weighted by Crippen LogP contribution is 2.45. The van der Waals surface area contributed by atoms with Crippen LogP contribution in [-0.2, 0) is 65.4 Å². The molecule has 0 aromatic heterocycles. The molecular formula is C59H114O17P2. The van der Waals surface area contributed by atoms with Crippen molar-refractivity contribution in [3.8, 4) is 0 Å². The Morgan fingerprint density at radius 3 is 0.872 bits per heavy atom. The van der Waals surface area contributed by atoms with Crippen molar-refractivity contribution in [1.29, 1.82) is 0 Å². The normalized spacial score (nSPS) is 14.4. The van der Waals surface area contributed by atoms with Crippen LogP contribution in [0.15, 0.2) is 0 Å². The van der Waals surface area contributed by atoms with E-state index in [9.17, 15) is 43.2 Å². The van der Waals surface area contributed by atoms with E-state index >= 15 is 0 Å². The molecule has 0 amide bonds. The van der Waals surface area contributed by atoms with Gasteiger partial charge in [0, 0.05) is 25.7 Å². The summed E-state index contributed by atoms with van der Waals surface area (Å²) in [5.41, 5.74) is 0. The minimum absolute atomic E-state index is 0.105. The van der Waals surface area contributed by atoms with Gasteiger partial charge in [-0.3, -0.25) is 37.3 Å². The zero-order valence-corrected chi connectivity index (χ0v) is 51.6. The van der Waals surface area contributed by atoms with Crippen molar-refractivity contribution in [3.63, 3.8) is 0 Å². The highest BCUT2D eigenvalue weighted by molar-refractivity contribution is 7.47. The average molecular weight is 1160 g/mol. The Morgan fingerprint density at radius 1 is 0.346 bits per heavy atom. The van der Waals surface area contributed by atoms with E-state index in [1.54, 1.807) is 0 Å². The molecule has 0 aliphatic rings. The molecular weight excluding hydrogens is 1040 g/mol. The monoisotopic (exact) mass is 1160 g/mol. The Balaban J connectivity index is 5.21. The van der Waals surface area contributed by atoms with E-state index < -0.39 is 97.5 Å². The number of esters is 4. The third-order valence-corrected chi connectivity index (χ3v) is 15.4. The van der Waals surface area contributed by atoms with Crippen LogP contribution in [0, 0.1) is 5.92 Å². The third kappa shape index (κ3) is 53.4. The summed E-state index contributed by atoms with van der Waals surface area (Å²) in [7, 11) is -9.87. The van der Waals surface area contributed by atoms with Crippen LogP contribution in [0.25, 0.3) is 0 Å². The number of phosphoric ester groups is 2. The van der Waals surface area contributed by atoms with Crippen LogP contribution in [0.1, 0.15) is 291 Å². The van der Waals surface area contributed by atoms with E-state index in [0.29, 0.717) is 31.6 Å². The van der Waals surface area contributed by atoms with Gasteiger partial charge in [0.1, 0.15) is 19.3 Å². The molecule has 0 aromatic rings. The van der Waals surface area contributed by atoms with Gasteiger partial charge in [0.15, 0.2) is 12.2 Å². The summed E-state index contributed by atoms with van der Waals surface area (Å²) in [5.74, 6) is -1.44. The number of rotatable bonds is 59. The third-order valence-electron chi connectivity index (χ3n) is 13.5. The lowest BCUT2D eigenvalue weighted by atomic mass is 10.0. The Hall–Kier alpha value is -1.94. The Kier molecular flexibility index (Phi) is 51.8. The van der Waals surface area contributed by atoms with Crippen molar-refractivity contribution in [3.05, 3.63) is 0 Å². The smallest absolute Gasteiger partial charge is 0.462 e. The standard InChI is InChI=1S/C59H114O17P2/c1-6-9-12-15-18-21-22-23-24-29-35-40-45-59(64)76-55(49-70-57(62)43-38-33-30-25-26-31-36-41-52(4)5)51-74-78(67,68)72-47-53(60)46-71-77(65,66)73-50-54(75-58(63)44-39-34-28-20-17-14-11-8-3)48-69-56(61)42-37-32-27-19-16-13-10-7-2/h52-55,60H,6-51H2,1-5H3,(H,65,66)(H,67,68)/t53-,54+,55+/m0/s1. The molecule has 5 atom stereocenters. The van der Waals surface area contributed by atoms with Crippen LogP contribution >= 0.6 is 15.6 Å². The predicted molar refractivity (Wildman–Crippen MR) is 308 cm³/mol. The molecule has 0 saturated heterocycles. The predicted octanol–water partition coefficient (Wildman–Crippen LogP) is 15.8. The maximum Gasteiger partial charge on any atom is 0.472 e. The van der Waals surface area contributed by atoms with Gasteiger partial charge in [0.05, 0.1) is 26.4 Å². The quantitative estimate of drug-likeness (QED) is 0.0222. The van der Waals surface area contributed by atoms with Gasteiger partial charge in [-0.15, -0.1) is 0 Å². The van der Waals surface area contributed by atoms with E-state index in [-0.39, 0.29) is 25.7 Å². The fourth-order valence-electron chi connectivity index (χ4n) is 8.70. The number of unbranched alkanes of at least 4 members (excludes halogenated alkanes) is 31. The number of carbonyl (C=O) groups is 4. The van der Waals surface area contributed by atoms with Crippen molar-refractivity contribution in [2.75, 3.05) is 39.6 Å². The number of carbonyl (C=O) groups excluding carboxylic acids is 4. The summed E-state index contributed by atoms with van der Waals surface area (Å²) < 4.78 is 67.6. The van der Waals surface area contributed by atoms with Crippen LogP contribution < -0.4 is 0 Å². The van der Waals surface area contributed by atoms with Crippen LogP contribution in [0.2, 0.25) is 0 Å². The van der Waals surface area contributed by atoms with Gasteiger partial charge in [0.25, 0.3) is 0 Å². The molecule has 0 rings (SSSR count). The summed E-state index contributed by atoms with van der Waals surface area (Å²) in [6.07, 6.45) is 34.9. The van der Waals surface area contributed by atoms with E-state index in [2.05, 4.69) is 34.6 Å². The number of hydrogen-bond donors (Lipinski definition) is 3. The van der Waals surface area contributed by atoms with Crippen molar-refractivity contribution in [2.45, 2.75) is 310 Å². The fourth-order valence-corrected chi connectivity index (χ4v) is 10.3. The Labute approximate surface area is 473 Å². The zero-order valence-electron chi connectivity index (χ0n) is 49.8. The summed E-state index contributed by atoms with van der Waals surface area (Å²) in [5, 5.41) is 10.5. The van der Waals surface area contributed by atoms with Gasteiger partial charge in [-0.05, 0) is 31.6 Å². The summed E-state index contributed by atoms with van der Waals surface area (Å²) in [4.78, 5) is 71.8. The Morgan fingerprint density at radius 2 is 0.590 bits per heavy atom. The molecule has 0 saturated carbocycles. The molecule has 0 aliphatic heterocycles. The van der Waals surface area contributed by atoms with Crippen molar-refractivity contribution in [2.24, 2.45) is 5.92 Å². The molecule has 0 spiro atoms. The number of aliphatic hydroxyl groups is 1. The maximum atomic E-state index is 12.9. The highest BCUT2D eigenvalue weighted by Gasteiger charge is 2.30. The van der Waals surface area contributed by atoms with Crippen LogP contribution in [0.4, 0.5) is 0 Å². The van der Waals surface area contributed by atoms with Gasteiger partial charge >= 0.3 is 39.5 Å². The molecule has 0 bridgehead atoms. The number of hydrogen-bond acceptors (Lipinski definition) is 15. The first kappa shape index (κ1) is 76.1. The number of phosphoric acid groups is 2. The number of aliphatic hydroxyl groups excluding tert-OH is 1. The minimum Gasteiger partial charge on any atom is -0.462 e. The van der Waals surface area contributed by atoms with Gasteiger partial charge in [0.2, 0.25) is 0 Å². The first-order valence-electron chi connectivity index (χ1n) is 31.1. The van der Waals surface area contributed by atoms with E-state index in [1.165, 1.54) is 96.3 Å².